The van der Waals surface area contributed by atoms with Gasteiger partial charge in [-0.25, -0.2) is 0 Å². The van der Waals surface area contributed by atoms with E-state index in [0.717, 1.165) is 11.1 Å². The second-order valence-corrected chi connectivity index (χ2v) is 5.11. The molecule has 0 saturated heterocycles. The van der Waals surface area contributed by atoms with Crippen LogP contribution in [0.15, 0.2) is 30.3 Å². The number of benzene rings is 2. The molecule has 3 rings (SSSR count). The molecule has 1 nitrogen and oxygen atoms in total. The van der Waals surface area contributed by atoms with Crippen LogP contribution >= 0.6 is 34.8 Å². The van der Waals surface area contributed by atoms with Gasteiger partial charge in [-0.15, -0.1) is 0 Å². The minimum Gasteiger partial charge on any atom is -0.289 e. The molecule has 0 radical (unpaired) electrons. The molecule has 0 atom stereocenters. The minimum atomic E-state index is -0.0980. The van der Waals surface area contributed by atoms with Gasteiger partial charge < -0.3 is 0 Å². The van der Waals surface area contributed by atoms with E-state index >= 15 is 0 Å². The fraction of sp³-hybridized carbons (Fsp3) is 0. The lowest BCUT2D eigenvalue weighted by atomic mass is 10.1. The van der Waals surface area contributed by atoms with Crippen LogP contribution in [0, 0.1) is 0 Å². The van der Waals surface area contributed by atoms with Gasteiger partial charge in [0, 0.05) is 21.2 Å². The van der Waals surface area contributed by atoms with Crippen LogP contribution in [0.5, 0.6) is 0 Å². The Kier molecular flexibility index (Phi) is 2.44. The molecule has 0 aliphatic heterocycles. The van der Waals surface area contributed by atoms with E-state index in [1.165, 1.54) is 0 Å². The zero-order chi connectivity index (χ0) is 12.2. The summed E-state index contributed by atoms with van der Waals surface area (Å²) >= 11 is 17.9. The lowest BCUT2D eigenvalue weighted by Gasteiger charge is -2.02. The van der Waals surface area contributed by atoms with Gasteiger partial charge in [0.25, 0.3) is 0 Å². The maximum Gasteiger partial charge on any atom is 0.195 e. The van der Waals surface area contributed by atoms with E-state index in [2.05, 4.69) is 0 Å². The van der Waals surface area contributed by atoms with Crippen molar-refractivity contribution >= 4 is 40.6 Å². The number of hydrogen-bond donors (Lipinski definition) is 0. The van der Waals surface area contributed by atoms with Gasteiger partial charge in [0.2, 0.25) is 0 Å². The van der Waals surface area contributed by atoms with Crippen molar-refractivity contribution in [2.45, 2.75) is 0 Å². The average molecular weight is 284 g/mol. The van der Waals surface area contributed by atoms with Crippen molar-refractivity contribution in [2.75, 3.05) is 0 Å². The van der Waals surface area contributed by atoms with Crippen molar-refractivity contribution in [3.8, 4) is 11.1 Å². The first kappa shape index (κ1) is 11.1. The highest BCUT2D eigenvalue weighted by molar-refractivity contribution is 6.40. The molecule has 0 amide bonds. The summed E-state index contributed by atoms with van der Waals surface area (Å²) in [5, 5.41) is 1.43. The molecule has 4 heteroatoms. The van der Waals surface area contributed by atoms with Crippen LogP contribution in [-0.2, 0) is 0 Å². The van der Waals surface area contributed by atoms with Gasteiger partial charge in [0.15, 0.2) is 5.78 Å². The molecule has 0 saturated carbocycles. The Bertz CT molecular complexity index is 662. The molecular weight excluding hydrogens is 279 g/mol. The number of carbonyl (C=O) groups is 1. The van der Waals surface area contributed by atoms with Gasteiger partial charge in [-0.1, -0.05) is 40.9 Å². The SMILES string of the molecule is O=C1c2cc(Cl)ccc2-c2cc(Cl)cc(Cl)c21. The second kappa shape index (κ2) is 3.74. The Morgan fingerprint density at radius 1 is 0.765 bits per heavy atom. The standard InChI is InChI=1S/C13H5Cl3O/c14-6-1-2-8-9-4-7(15)5-11(16)12(9)13(17)10(8)3-6/h1-5H. The monoisotopic (exact) mass is 282 g/mol. The van der Waals surface area contributed by atoms with Gasteiger partial charge in [-0.05, 0) is 35.4 Å². The normalized spacial score (nSPS) is 12.5. The second-order valence-electron chi connectivity index (χ2n) is 3.83. The highest BCUT2D eigenvalue weighted by Gasteiger charge is 2.29. The smallest absolute Gasteiger partial charge is 0.195 e. The van der Waals surface area contributed by atoms with Crippen LogP contribution in [-0.4, -0.2) is 5.78 Å². The summed E-state index contributed by atoms with van der Waals surface area (Å²) in [6.45, 7) is 0. The van der Waals surface area contributed by atoms with Crippen LogP contribution in [0.2, 0.25) is 15.1 Å². The fourth-order valence-corrected chi connectivity index (χ4v) is 2.84. The number of halogens is 3. The first-order valence-corrected chi connectivity index (χ1v) is 6.05. The van der Waals surface area contributed by atoms with Gasteiger partial charge in [0.1, 0.15) is 0 Å². The van der Waals surface area contributed by atoms with Crippen molar-refractivity contribution in [3.63, 3.8) is 0 Å². The zero-order valence-corrected chi connectivity index (χ0v) is 10.7. The van der Waals surface area contributed by atoms with Gasteiger partial charge >= 0.3 is 0 Å². The van der Waals surface area contributed by atoms with E-state index in [1.54, 1.807) is 24.3 Å². The summed E-state index contributed by atoms with van der Waals surface area (Å²) < 4.78 is 0. The Labute approximate surface area is 113 Å². The predicted octanol–water partition coefficient (Wildman–Crippen LogP) is 4.86. The van der Waals surface area contributed by atoms with Crippen molar-refractivity contribution in [3.05, 3.63) is 56.5 Å². The van der Waals surface area contributed by atoms with Crippen LogP contribution < -0.4 is 0 Å². The van der Waals surface area contributed by atoms with E-state index in [9.17, 15) is 4.79 Å². The molecule has 0 aromatic heterocycles. The molecule has 0 spiro atoms. The minimum absolute atomic E-state index is 0.0980. The molecule has 17 heavy (non-hydrogen) atoms. The van der Waals surface area contributed by atoms with E-state index in [1.807, 2.05) is 6.07 Å². The third-order valence-electron chi connectivity index (χ3n) is 2.80. The molecule has 0 bridgehead atoms. The van der Waals surface area contributed by atoms with Crippen molar-refractivity contribution < 1.29 is 4.79 Å². The number of carbonyl (C=O) groups excluding carboxylic acids is 1. The van der Waals surface area contributed by atoms with E-state index in [-0.39, 0.29) is 5.78 Å². The third-order valence-corrected chi connectivity index (χ3v) is 3.55. The molecule has 84 valence electrons. The molecule has 1 aliphatic rings. The average Bonchev–Trinajstić information content (AvgIpc) is 2.52. The Morgan fingerprint density at radius 2 is 1.47 bits per heavy atom. The number of fused-ring (bicyclic) bond motifs is 3. The quantitative estimate of drug-likeness (QED) is 0.576. The first-order chi connectivity index (χ1) is 8.08. The Morgan fingerprint density at radius 3 is 2.24 bits per heavy atom. The first-order valence-electron chi connectivity index (χ1n) is 4.91. The number of rotatable bonds is 0. The number of hydrogen-bond acceptors (Lipinski definition) is 1. The molecule has 0 unspecified atom stereocenters. The van der Waals surface area contributed by atoms with Gasteiger partial charge in [-0.3, -0.25) is 4.79 Å². The fourth-order valence-electron chi connectivity index (χ4n) is 2.09. The van der Waals surface area contributed by atoms with Crippen LogP contribution in [0.1, 0.15) is 15.9 Å². The van der Waals surface area contributed by atoms with Crippen LogP contribution in [0.25, 0.3) is 11.1 Å². The highest BCUT2D eigenvalue weighted by atomic mass is 35.5. The topological polar surface area (TPSA) is 17.1 Å². The summed E-state index contributed by atoms with van der Waals surface area (Å²) in [7, 11) is 0. The van der Waals surface area contributed by atoms with Crippen molar-refractivity contribution in [1.82, 2.24) is 0 Å². The molecule has 2 aromatic carbocycles. The van der Waals surface area contributed by atoms with E-state index in [0.29, 0.717) is 26.2 Å². The summed E-state index contributed by atoms with van der Waals surface area (Å²) in [4.78, 5) is 12.2. The van der Waals surface area contributed by atoms with Crippen molar-refractivity contribution in [1.29, 1.82) is 0 Å². The molecule has 1 aliphatic carbocycles. The zero-order valence-electron chi connectivity index (χ0n) is 8.43. The van der Waals surface area contributed by atoms with Gasteiger partial charge in [-0.2, -0.15) is 0 Å². The number of ketones is 1. The van der Waals surface area contributed by atoms with Gasteiger partial charge in [0.05, 0.1) is 5.02 Å². The Balaban J connectivity index is 2.39. The molecular formula is C13H5Cl3O. The van der Waals surface area contributed by atoms with E-state index < -0.39 is 0 Å². The molecule has 2 aromatic rings. The van der Waals surface area contributed by atoms with E-state index in [4.69, 9.17) is 34.8 Å². The van der Waals surface area contributed by atoms with Crippen molar-refractivity contribution in [2.24, 2.45) is 0 Å². The third kappa shape index (κ3) is 1.58. The maximum atomic E-state index is 12.2. The lowest BCUT2D eigenvalue weighted by Crippen LogP contribution is -1.95. The highest BCUT2D eigenvalue weighted by Crippen LogP contribution is 2.42. The summed E-state index contributed by atoms with van der Waals surface area (Å²) in [6, 6.07) is 8.54. The molecule has 0 fully saturated rings. The summed E-state index contributed by atoms with van der Waals surface area (Å²) in [5.74, 6) is -0.0980. The lowest BCUT2D eigenvalue weighted by molar-refractivity contribution is 0.104. The summed E-state index contributed by atoms with van der Waals surface area (Å²) in [5.41, 5.74) is 2.70. The Hall–Kier alpha value is -1.02. The predicted molar refractivity (Wildman–Crippen MR) is 70.3 cm³/mol. The van der Waals surface area contributed by atoms with Crippen LogP contribution in [0.4, 0.5) is 0 Å². The molecule has 0 heterocycles. The maximum absolute atomic E-state index is 12.2. The largest absolute Gasteiger partial charge is 0.289 e. The summed E-state index contributed by atoms with van der Waals surface area (Å²) in [6.07, 6.45) is 0. The molecule has 0 N–H and O–H groups in total. The van der Waals surface area contributed by atoms with Crippen LogP contribution in [0.3, 0.4) is 0 Å².